The first-order valence-corrected chi connectivity index (χ1v) is 5.63. The number of likely N-dealkylation sites (N-methyl/N-ethyl adjacent to an activating group) is 1. The SMILES string of the molecule is CC(C)OC1(C(C)(C)C)CCN(C)C1. The molecule has 2 heteroatoms. The Balaban J connectivity index is 2.81. The molecule has 1 rings (SSSR count). The fraction of sp³-hybridized carbons (Fsp3) is 1.00. The van der Waals surface area contributed by atoms with E-state index in [1.165, 1.54) is 0 Å². The quantitative estimate of drug-likeness (QED) is 0.677. The van der Waals surface area contributed by atoms with E-state index in [0.717, 1.165) is 19.5 Å². The zero-order valence-corrected chi connectivity index (χ0v) is 10.6. The average Bonchev–Trinajstić information content (AvgIpc) is 2.29. The maximum Gasteiger partial charge on any atom is 0.0872 e. The molecule has 2 nitrogen and oxygen atoms in total. The molecule has 1 aliphatic rings. The molecule has 14 heavy (non-hydrogen) atoms. The number of likely N-dealkylation sites (tertiary alicyclic amines) is 1. The lowest BCUT2D eigenvalue weighted by Gasteiger charge is -2.43. The molecule has 1 unspecified atom stereocenters. The molecule has 1 aliphatic heterocycles. The van der Waals surface area contributed by atoms with Crippen LogP contribution in [0.25, 0.3) is 0 Å². The van der Waals surface area contributed by atoms with Crippen LogP contribution in [-0.4, -0.2) is 36.7 Å². The summed E-state index contributed by atoms with van der Waals surface area (Å²) < 4.78 is 6.19. The van der Waals surface area contributed by atoms with Crippen LogP contribution in [0.1, 0.15) is 41.0 Å². The van der Waals surface area contributed by atoms with E-state index >= 15 is 0 Å². The molecule has 0 saturated carbocycles. The standard InChI is InChI=1S/C12H25NO/c1-10(2)14-12(11(3,4)5)7-8-13(6)9-12/h10H,7-9H2,1-6H3. The fourth-order valence-electron chi connectivity index (χ4n) is 2.30. The summed E-state index contributed by atoms with van der Waals surface area (Å²) in [7, 11) is 2.18. The van der Waals surface area contributed by atoms with Crippen molar-refractivity contribution in [1.82, 2.24) is 4.90 Å². The number of hydrogen-bond acceptors (Lipinski definition) is 2. The van der Waals surface area contributed by atoms with Crippen molar-refractivity contribution in [3.05, 3.63) is 0 Å². The molecule has 1 atom stereocenters. The van der Waals surface area contributed by atoms with Crippen LogP contribution < -0.4 is 0 Å². The minimum absolute atomic E-state index is 0.0515. The summed E-state index contributed by atoms with van der Waals surface area (Å²) in [6, 6.07) is 0. The van der Waals surface area contributed by atoms with E-state index in [1.54, 1.807) is 0 Å². The van der Waals surface area contributed by atoms with Crippen LogP contribution in [-0.2, 0) is 4.74 Å². The molecule has 1 fully saturated rings. The average molecular weight is 199 g/mol. The van der Waals surface area contributed by atoms with Gasteiger partial charge in [0.2, 0.25) is 0 Å². The lowest BCUT2D eigenvalue weighted by atomic mass is 9.75. The van der Waals surface area contributed by atoms with Crippen molar-refractivity contribution in [2.45, 2.75) is 52.7 Å². The topological polar surface area (TPSA) is 12.5 Å². The molecule has 0 aliphatic carbocycles. The fourth-order valence-corrected chi connectivity index (χ4v) is 2.30. The Hall–Kier alpha value is -0.0800. The Morgan fingerprint density at radius 3 is 2.14 bits per heavy atom. The van der Waals surface area contributed by atoms with Crippen LogP contribution >= 0.6 is 0 Å². The molecule has 0 N–H and O–H groups in total. The molecule has 0 spiro atoms. The van der Waals surface area contributed by atoms with E-state index in [2.05, 4.69) is 46.6 Å². The van der Waals surface area contributed by atoms with Crippen LogP contribution in [0.15, 0.2) is 0 Å². The van der Waals surface area contributed by atoms with Gasteiger partial charge in [0, 0.05) is 13.1 Å². The first-order chi connectivity index (χ1) is 6.27. The second-order valence-corrected chi connectivity index (χ2v) is 5.90. The summed E-state index contributed by atoms with van der Waals surface area (Å²) in [4.78, 5) is 2.37. The van der Waals surface area contributed by atoms with Crippen LogP contribution in [0.2, 0.25) is 0 Å². The lowest BCUT2D eigenvalue weighted by molar-refractivity contribution is -0.134. The van der Waals surface area contributed by atoms with Gasteiger partial charge in [0.05, 0.1) is 11.7 Å². The monoisotopic (exact) mass is 199 g/mol. The van der Waals surface area contributed by atoms with Crippen molar-refractivity contribution < 1.29 is 4.74 Å². The van der Waals surface area contributed by atoms with Gasteiger partial charge in [0.25, 0.3) is 0 Å². The predicted molar refractivity (Wildman–Crippen MR) is 60.5 cm³/mol. The van der Waals surface area contributed by atoms with Gasteiger partial charge in [0.15, 0.2) is 0 Å². The van der Waals surface area contributed by atoms with Crippen molar-refractivity contribution >= 4 is 0 Å². The first kappa shape index (κ1) is 12.0. The third-order valence-electron chi connectivity index (χ3n) is 3.25. The largest absolute Gasteiger partial charge is 0.370 e. The summed E-state index contributed by atoms with van der Waals surface area (Å²) in [6.07, 6.45) is 1.48. The van der Waals surface area contributed by atoms with E-state index < -0.39 is 0 Å². The Morgan fingerprint density at radius 2 is 1.86 bits per heavy atom. The van der Waals surface area contributed by atoms with Crippen LogP contribution in [0.4, 0.5) is 0 Å². The summed E-state index contributed by atoms with van der Waals surface area (Å²) in [6.45, 7) is 13.3. The van der Waals surface area contributed by atoms with Crippen molar-refractivity contribution in [3.8, 4) is 0 Å². The molecule has 0 aromatic rings. The summed E-state index contributed by atoms with van der Waals surface area (Å²) >= 11 is 0. The maximum atomic E-state index is 6.19. The minimum atomic E-state index is 0.0515. The van der Waals surface area contributed by atoms with Gasteiger partial charge in [-0.15, -0.1) is 0 Å². The van der Waals surface area contributed by atoms with E-state index in [9.17, 15) is 0 Å². The zero-order valence-electron chi connectivity index (χ0n) is 10.6. The van der Waals surface area contributed by atoms with Crippen molar-refractivity contribution in [2.24, 2.45) is 5.41 Å². The molecule has 0 bridgehead atoms. The highest BCUT2D eigenvalue weighted by Crippen LogP contribution is 2.41. The molecular formula is C12H25NO. The molecule has 0 amide bonds. The van der Waals surface area contributed by atoms with E-state index in [1.807, 2.05) is 0 Å². The molecule has 0 aromatic heterocycles. The molecular weight excluding hydrogens is 174 g/mol. The lowest BCUT2D eigenvalue weighted by Crippen LogP contribution is -2.48. The molecule has 1 saturated heterocycles. The molecule has 1 heterocycles. The number of hydrogen-bond donors (Lipinski definition) is 0. The van der Waals surface area contributed by atoms with Gasteiger partial charge in [-0.2, -0.15) is 0 Å². The van der Waals surface area contributed by atoms with Crippen LogP contribution in [0, 0.1) is 5.41 Å². The highest BCUT2D eigenvalue weighted by atomic mass is 16.5. The number of nitrogens with zero attached hydrogens (tertiary/aromatic N) is 1. The summed E-state index contributed by atoms with van der Waals surface area (Å²) in [5.41, 5.74) is 0.276. The number of ether oxygens (including phenoxy) is 1. The van der Waals surface area contributed by atoms with Gasteiger partial charge < -0.3 is 9.64 Å². The Kier molecular flexibility index (Phi) is 3.27. The molecule has 0 radical (unpaired) electrons. The van der Waals surface area contributed by atoms with Crippen molar-refractivity contribution in [2.75, 3.05) is 20.1 Å². The molecule has 84 valence electrons. The summed E-state index contributed by atoms with van der Waals surface area (Å²) in [5, 5.41) is 0. The van der Waals surface area contributed by atoms with Gasteiger partial charge in [-0.05, 0) is 32.7 Å². The first-order valence-electron chi connectivity index (χ1n) is 5.63. The van der Waals surface area contributed by atoms with Gasteiger partial charge in [0.1, 0.15) is 0 Å². The van der Waals surface area contributed by atoms with Crippen molar-refractivity contribution in [3.63, 3.8) is 0 Å². The van der Waals surface area contributed by atoms with Crippen LogP contribution in [0.5, 0.6) is 0 Å². The highest BCUT2D eigenvalue weighted by Gasteiger charge is 2.47. The van der Waals surface area contributed by atoms with Crippen LogP contribution in [0.3, 0.4) is 0 Å². The Bertz CT molecular complexity index is 195. The maximum absolute atomic E-state index is 6.19. The second-order valence-electron chi connectivity index (χ2n) is 5.90. The van der Waals surface area contributed by atoms with Crippen molar-refractivity contribution in [1.29, 1.82) is 0 Å². The van der Waals surface area contributed by atoms with Gasteiger partial charge in [-0.1, -0.05) is 20.8 Å². The zero-order chi connectivity index (χ0) is 11.0. The summed E-state index contributed by atoms with van der Waals surface area (Å²) in [5.74, 6) is 0. The highest BCUT2D eigenvalue weighted by molar-refractivity contribution is 4.99. The smallest absolute Gasteiger partial charge is 0.0872 e. The minimum Gasteiger partial charge on any atom is -0.370 e. The Morgan fingerprint density at radius 1 is 1.29 bits per heavy atom. The molecule has 0 aromatic carbocycles. The second kappa shape index (κ2) is 3.82. The predicted octanol–water partition coefficient (Wildman–Crippen LogP) is 2.53. The third-order valence-corrected chi connectivity index (χ3v) is 3.25. The normalized spacial score (nSPS) is 30.2. The van der Waals surface area contributed by atoms with Gasteiger partial charge in [-0.3, -0.25) is 0 Å². The Labute approximate surface area is 88.6 Å². The third kappa shape index (κ3) is 2.29. The van der Waals surface area contributed by atoms with Gasteiger partial charge in [-0.25, -0.2) is 0 Å². The van der Waals surface area contributed by atoms with Gasteiger partial charge >= 0.3 is 0 Å². The van der Waals surface area contributed by atoms with E-state index in [4.69, 9.17) is 4.74 Å². The van der Waals surface area contributed by atoms with E-state index in [0.29, 0.717) is 6.10 Å². The number of rotatable bonds is 2. The van der Waals surface area contributed by atoms with E-state index in [-0.39, 0.29) is 11.0 Å².